The number of rotatable bonds is 6. The third-order valence-electron chi connectivity index (χ3n) is 4.20. The molecule has 1 heterocycles. The van der Waals surface area contributed by atoms with Crippen LogP contribution in [0.15, 0.2) is 23.4 Å². The maximum atomic E-state index is 12.5. The van der Waals surface area contributed by atoms with E-state index >= 15 is 0 Å². The van der Waals surface area contributed by atoms with E-state index in [9.17, 15) is 4.79 Å². The number of halogens is 1. The maximum absolute atomic E-state index is 12.5. The van der Waals surface area contributed by atoms with Gasteiger partial charge in [-0.3, -0.25) is 4.79 Å². The monoisotopic (exact) mass is 381 g/mol. The van der Waals surface area contributed by atoms with Crippen LogP contribution in [0.4, 0.5) is 5.69 Å². The molecule has 0 aliphatic heterocycles. The van der Waals surface area contributed by atoms with Crippen molar-refractivity contribution < 1.29 is 9.53 Å². The highest BCUT2D eigenvalue weighted by atomic mass is 35.5. The minimum absolute atomic E-state index is 0.132. The third-order valence-corrected chi connectivity index (χ3v) is 5.55. The Morgan fingerprint density at radius 1 is 1.44 bits per heavy atom. The van der Waals surface area contributed by atoms with Crippen molar-refractivity contribution in [2.24, 2.45) is 0 Å². The Bertz CT molecular complexity index is 748. The van der Waals surface area contributed by atoms with Crippen LogP contribution in [0.5, 0.6) is 5.75 Å². The summed E-state index contributed by atoms with van der Waals surface area (Å²) in [4.78, 5) is 12.5. The van der Waals surface area contributed by atoms with E-state index in [1.807, 2.05) is 11.6 Å². The summed E-state index contributed by atoms with van der Waals surface area (Å²) in [6.45, 7) is 1.83. The first kappa shape index (κ1) is 18.0. The number of anilines is 1. The molecule has 2 aromatic rings. The van der Waals surface area contributed by atoms with Crippen LogP contribution in [0, 0.1) is 0 Å². The van der Waals surface area contributed by atoms with Crippen LogP contribution in [-0.4, -0.2) is 38.5 Å². The van der Waals surface area contributed by atoms with Gasteiger partial charge in [0.1, 0.15) is 5.75 Å². The number of carbonyl (C=O) groups is 1. The van der Waals surface area contributed by atoms with Gasteiger partial charge in [-0.2, -0.15) is 0 Å². The van der Waals surface area contributed by atoms with Crippen LogP contribution in [-0.2, 0) is 4.79 Å². The summed E-state index contributed by atoms with van der Waals surface area (Å²) in [5.74, 6) is 0.435. The zero-order valence-electron chi connectivity index (χ0n) is 14.1. The molecule has 3 rings (SSSR count). The van der Waals surface area contributed by atoms with Gasteiger partial charge in [-0.05, 0) is 48.4 Å². The van der Waals surface area contributed by atoms with Gasteiger partial charge in [-0.25, -0.2) is 4.68 Å². The molecule has 1 aliphatic rings. The van der Waals surface area contributed by atoms with Gasteiger partial charge in [0.2, 0.25) is 11.1 Å². The standard InChI is InChI=1S/C16H20ClN5O2S/c1-10(15(23)18-11-7-8-14(24-2)13(17)9-11)25-16-19-20-21-22(16)12-5-3-4-6-12/h7-10,12H,3-6H2,1-2H3,(H,18,23). The van der Waals surface area contributed by atoms with Crippen molar-refractivity contribution in [1.29, 1.82) is 0 Å². The molecule has 1 aliphatic carbocycles. The van der Waals surface area contributed by atoms with Crippen molar-refractivity contribution in [3.8, 4) is 5.75 Å². The molecule has 7 nitrogen and oxygen atoms in total. The number of aromatic nitrogens is 4. The molecule has 1 N–H and O–H groups in total. The molecule has 1 unspecified atom stereocenters. The second kappa shape index (κ2) is 8.05. The molecular weight excluding hydrogens is 362 g/mol. The van der Waals surface area contributed by atoms with Crippen LogP contribution < -0.4 is 10.1 Å². The van der Waals surface area contributed by atoms with E-state index in [-0.39, 0.29) is 11.2 Å². The molecule has 1 aromatic heterocycles. The molecule has 1 atom stereocenters. The highest BCUT2D eigenvalue weighted by Crippen LogP contribution is 2.33. The van der Waals surface area contributed by atoms with Gasteiger partial charge in [0.05, 0.1) is 23.4 Å². The van der Waals surface area contributed by atoms with Crippen LogP contribution in [0.2, 0.25) is 5.02 Å². The van der Waals surface area contributed by atoms with E-state index in [0.29, 0.717) is 27.7 Å². The number of carbonyl (C=O) groups excluding carboxylic acids is 1. The van der Waals surface area contributed by atoms with Crippen molar-refractivity contribution in [2.75, 3.05) is 12.4 Å². The fourth-order valence-corrected chi connectivity index (χ4v) is 3.96. The predicted octanol–water partition coefficient (Wildman–Crippen LogP) is 3.57. The quantitative estimate of drug-likeness (QED) is 0.770. The molecule has 0 radical (unpaired) electrons. The summed E-state index contributed by atoms with van der Waals surface area (Å²) in [6, 6.07) is 5.48. The van der Waals surface area contributed by atoms with E-state index < -0.39 is 0 Å². The van der Waals surface area contributed by atoms with Crippen molar-refractivity contribution in [3.63, 3.8) is 0 Å². The van der Waals surface area contributed by atoms with Crippen molar-refractivity contribution >= 4 is 35.0 Å². The normalized spacial score (nSPS) is 16.0. The number of nitrogens with one attached hydrogen (secondary N) is 1. The number of ether oxygens (including phenoxy) is 1. The lowest BCUT2D eigenvalue weighted by atomic mass is 10.3. The molecule has 25 heavy (non-hydrogen) atoms. The number of hydrogen-bond acceptors (Lipinski definition) is 6. The van der Waals surface area contributed by atoms with Gasteiger partial charge in [0.15, 0.2) is 0 Å². The molecule has 1 amide bonds. The smallest absolute Gasteiger partial charge is 0.237 e. The van der Waals surface area contributed by atoms with E-state index in [0.717, 1.165) is 12.8 Å². The number of amides is 1. The Morgan fingerprint density at radius 3 is 2.88 bits per heavy atom. The number of hydrogen-bond donors (Lipinski definition) is 1. The molecule has 1 aromatic carbocycles. The number of thioether (sulfide) groups is 1. The number of benzene rings is 1. The predicted molar refractivity (Wildman–Crippen MR) is 97.3 cm³/mol. The Kier molecular flexibility index (Phi) is 5.80. The molecule has 0 saturated heterocycles. The fraction of sp³-hybridized carbons (Fsp3) is 0.500. The number of tetrazole rings is 1. The summed E-state index contributed by atoms with van der Waals surface area (Å²) >= 11 is 7.45. The minimum Gasteiger partial charge on any atom is -0.495 e. The SMILES string of the molecule is COc1ccc(NC(=O)C(C)Sc2nnnn2C2CCCC2)cc1Cl. The van der Waals surface area contributed by atoms with Gasteiger partial charge in [0, 0.05) is 5.69 Å². The van der Waals surface area contributed by atoms with Crippen LogP contribution in [0.1, 0.15) is 38.6 Å². The first-order valence-corrected chi connectivity index (χ1v) is 9.43. The minimum atomic E-state index is -0.341. The molecular formula is C16H20ClN5O2S. The molecule has 1 saturated carbocycles. The van der Waals surface area contributed by atoms with Crippen LogP contribution >= 0.6 is 23.4 Å². The zero-order chi connectivity index (χ0) is 17.8. The maximum Gasteiger partial charge on any atom is 0.237 e. The first-order valence-electron chi connectivity index (χ1n) is 8.17. The van der Waals surface area contributed by atoms with Gasteiger partial charge < -0.3 is 10.1 Å². The first-order chi connectivity index (χ1) is 12.1. The topological polar surface area (TPSA) is 81.9 Å². The Balaban J connectivity index is 1.63. The Morgan fingerprint density at radius 2 is 2.20 bits per heavy atom. The third kappa shape index (κ3) is 4.24. The average molecular weight is 382 g/mol. The Labute approximate surface area is 155 Å². The highest BCUT2D eigenvalue weighted by Gasteiger charge is 2.24. The van der Waals surface area contributed by atoms with Crippen molar-refractivity contribution in [1.82, 2.24) is 20.2 Å². The largest absolute Gasteiger partial charge is 0.495 e. The Hall–Kier alpha value is -1.80. The van der Waals surface area contributed by atoms with E-state index in [2.05, 4.69) is 20.8 Å². The van der Waals surface area contributed by atoms with Gasteiger partial charge in [0.25, 0.3) is 0 Å². The molecule has 0 spiro atoms. The lowest BCUT2D eigenvalue weighted by molar-refractivity contribution is -0.115. The van der Waals surface area contributed by atoms with Crippen molar-refractivity contribution in [3.05, 3.63) is 23.2 Å². The zero-order valence-corrected chi connectivity index (χ0v) is 15.7. The van der Waals surface area contributed by atoms with Crippen molar-refractivity contribution in [2.45, 2.75) is 49.1 Å². The summed E-state index contributed by atoms with van der Waals surface area (Å²) < 4.78 is 6.96. The summed E-state index contributed by atoms with van der Waals surface area (Å²) in [5.41, 5.74) is 0.624. The second-order valence-electron chi connectivity index (χ2n) is 5.94. The lowest BCUT2D eigenvalue weighted by Crippen LogP contribution is -2.23. The highest BCUT2D eigenvalue weighted by molar-refractivity contribution is 8.00. The second-order valence-corrected chi connectivity index (χ2v) is 7.66. The van der Waals surface area contributed by atoms with E-state index in [1.165, 1.54) is 24.6 Å². The summed E-state index contributed by atoms with van der Waals surface area (Å²) in [7, 11) is 1.55. The summed E-state index contributed by atoms with van der Waals surface area (Å²) in [6.07, 6.45) is 4.57. The molecule has 9 heteroatoms. The number of methoxy groups -OCH3 is 1. The fourth-order valence-electron chi connectivity index (χ4n) is 2.84. The molecule has 0 bridgehead atoms. The van der Waals surface area contributed by atoms with Gasteiger partial charge >= 0.3 is 0 Å². The van der Waals surface area contributed by atoms with E-state index in [4.69, 9.17) is 16.3 Å². The van der Waals surface area contributed by atoms with Gasteiger partial charge in [-0.1, -0.05) is 36.2 Å². The van der Waals surface area contributed by atoms with E-state index in [1.54, 1.807) is 25.3 Å². The summed E-state index contributed by atoms with van der Waals surface area (Å²) in [5, 5.41) is 15.6. The van der Waals surface area contributed by atoms with Gasteiger partial charge in [-0.15, -0.1) is 5.10 Å². The molecule has 134 valence electrons. The average Bonchev–Trinajstić information content (AvgIpc) is 3.26. The molecule has 1 fully saturated rings. The van der Waals surface area contributed by atoms with Crippen LogP contribution in [0.3, 0.4) is 0 Å². The van der Waals surface area contributed by atoms with Crippen LogP contribution in [0.25, 0.3) is 0 Å². The number of nitrogens with zero attached hydrogens (tertiary/aromatic N) is 4. The lowest BCUT2D eigenvalue weighted by Gasteiger charge is -2.14.